The molecule has 2 nitrogen and oxygen atoms in total. The molecule has 0 aliphatic heterocycles. The van der Waals surface area contributed by atoms with Crippen molar-refractivity contribution in [3.05, 3.63) is 28.2 Å². The maximum Gasteiger partial charge on any atom is 0.119 e. The van der Waals surface area contributed by atoms with Gasteiger partial charge in [-0.1, -0.05) is 22.9 Å². The topological polar surface area (TPSA) is 21.3 Å². The van der Waals surface area contributed by atoms with Crippen LogP contribution in [0.2, 0.25) is 0 Å². The van der Waals surface area contributed by atoms with Gasteiger partial charge in [0.15, 0.2) is 0 Å². The quantitative estimate of drug-likeness (QED) is 0.766. The van der Waals surface area contributed by atoms with Crippen LogP contribution in [0.3, 0.4) is 0 Å². The Kier molecular flexibility index (Phi) is 5.76. The lowest BCUT2D eigenvalue weighted by molar-refractivity contribution is 0.216. The molecule has 1 fully saturated rings. The fourth-order valence-corrected chi connectivity index (χ4v) is 3.52. The van der Waals surface area contributed by atoms with Crippen LogP contribution < -0.4 is 10.1 Å². The maximum absolute atomic E-state index is 6.25. The lowest BCUT2D eigenvalue weighted by atomic mass is 9.78. The van der Waals surface area contributed by atoms with Gasteiger partial charge in [-0.25, -0.2) is 0 Å². The molecule has 20 heavy (non-hydrogen) atoms. The van der Waals surface area contributed by atoms with Gasteiger partial charge < -0.3 is 10.1 Å². The van der Waals surface area contributed by atoms with Crippen molar-refractivity contribution in [2.45, 2.75) is 44.7 Å². The van der Waals surface area contributed by atoms with Crippen molar-refractivity contribution >= 4 is 27.5 Å². The summed E-state index contributed by atoms with van der Waals surface area (Å²) in [5, 5.41) is 3.70. The first-order valence-corrected chi connectivity index (χ1v) is 8.55. The van der Waals surface area contributed by atoms with E-state index in [2.05, 4.69) is 34.2 Å². The second kappa shape index (κ2) is 7.15. The molecule has 1 N–H and O–H groups in total. The summed E-state index contributed by atoms with van der Waals surface area (Å²) in [7, 11) is 1.70. The summed E-state index contributed by atoms with van der Waals surface area (Å²) >= 11 is 9.86. The van der Waals surface area contributed by atoms with E-state index in [9.17, 15) is 0 Å². The highest BCUT2D eigenvalue weighted by atomic mass is 79.9. The molecule has 0 bridgehead atoms. The van der Waals surface area contributed by atoms with Crippen molar-refractivity contribution in [3.63, 3.8) is 0 Å². The lowest BCUT2D eigenvalue weighted by Crippen LogP contribution is -2.49. The van der Waals surface area contributed by atoms with E-state index in [0.29, 0.717) is 5.88 Å². The van der Waals surface area contributed by atoms with Gasteiger partial charge in [-0.3, -0.25) is 0 Å². The summed E-state index contributed by atoms with van der Waals surface area (Å²) in [5.41, 5.74) is 1.31. The zero-order valence-electron chi connectivity index (χ0n) is 12.2. The number of methoxy groups -OCH3 is 1. The van der Waals surface area contributed by atoms with E-state index in [1.807, 2.05) is 12.1 Å². The molecule has 0 spiro atoms. The van der Waals surface area contributed by atoms with Crippen molar-refractivity contribution < 1.29 is 4.74 Å². The molecule has 1 aliphatic rings. The SMILES string of the molecule is COc1ccc(Br)c(CNC2(CCl)CCC(C)CC2)c1. The average Bonchev–Trinajstić information content (AvgIpc) is 2.48. The fraction of sp³-hybridized carbons (Fsp3) is 0.625. The van der Waals surface area contributed by atoms with Gasteiger partial charge in [0.1, 0.15) is 5.75 Å². The van der Waals surface area contributed by atoms with Gasteiger partial charge in [0, 0.05) is 22.4 Å². The standard InChI is InChI=1S/C16H23BrClNO/c1-12-5-7-16(11-18,8-6-12)19-10-13-9-14(20-2)3-4-15(13)17/h3-4,9,12,19H,5-8,10-11H2,1-2H3. The van der Waals surface area contributed by atoms with Gasteiger partial charge in [0.05, 0.1) is 7.11 Å². The molecule has 0 aromatic heterocycles. The number of alkyl halides is 1. The van der Waals surface area contributed by atoms with E-state index >= 15 is 0 Å². The van der Waals surface area contributed by atoms with Gasteiger partial charge in [-0.2, -0.15) is 0 Å². The average molecular weight is 361 g/mol. The molecule has 4 heteroatoms. The van der Waals surface area contributed by atoms with Crippen molar-refractivity contribution in [3.8, 4) is 5.75 Å². The third-order valence-corrected chi connectivity index (χ3v) is 5.68. The monoisotopic (exact) mass is 359 g/mol. The molecule has 2 rings (SSSR count). The number of ether oxygens (including phenoxy) is 1. The van der Waals surface area contributed by atoms with Crippen LogP contribution >= 0.6 is 27.5 Å². The van der Waals surface area contributed by atoms with E-state index in [4.69, 9.17) is 16.3 Å². The summed E-state index contributed by atoms with van der Waals surface area (Å²) < 4.78 is 6.40. The van der Waals surface area contributed by atoms with Crippen LogP contribution in [-0.4, -0.2) is 18.5 Å². The number of benzene rings is 1. The van der Waals surface area contributed by atoms with Crippen LogP contribution in [0, 0.1) is 5.92 Å². The summed E-state index contributed by atoms with van der Waals surface area (Å²) in [6, 6.07) is 6.07. The molecule has 0 atom stereocenters. The molecule has 112 valence electrons. The number of halogens is 2. The minimum absolute atomic E-state index is 0.0938. The van der Waals surface area contributed by atoms with E-state index < -0.39 is 0 Å². The van der Waals surface area contributed by atoms with Crippen LogP contribution in [0.5, 0.6) is 5.75 Å². The Hall–Kier alpha value is -0.250. The molecule has 0 unspecified atom stereocenters. The Morgan fingerprint density at radius 1 is 1.40 bits per heavy atom. The third-order valence-electron chi connectivity index (χ3n) is 4.39. The molecular weight excluding hydrogens is 338 g/mol. The molecule has 0 heterocycles. The number of nitrogens with one attached hydrogen (secondary N) is 1. The van der Waals surface area contributed by atoms with Gasteiger partial charge >= 0.3 is 0 Å². The van der Waals surface area contributed by atoms with E-state index in [-0.39, 0.29) is 5.54 Å². The second-order valence-electron chi connectivity index (χ2n) is 5.91. The van der Waals surface area contributed by atoms with Gasteiger partial charge in [0.2, 0.25) is 0 Å². The fourth-order valence-electron chi connectivity index (χ4n) is 2.77. The Bertz CT molecular complexity index is 444. The Morgan fingerprint density at radius 2 is 2.10 bits per heavy atom. The molecule has 1 saturated carbocycles. The van der Waals surface area contributed by atoms with Crippen LogP contribution in [0.15, 0.2) is 22.7 Å². The number of hydrogen-bond acceptors (Lipinski definition) is 2. The Morgan fingerprint density at radius 3 is 2.70 bits per heavy atom. The zero-order chi connectivity index (χ0) is 14.6. The van der Waals surface area contributed by atoms with E-state index in [0.717, 1.165) is 22.7 Å². The largest absolute Gasteiger partial charge is 0.497 e. The normalized spacial score (nSPS) is 26.5. The highest BCUT2D eigenvalue weighted by molar-refractivity contribution is 9.10. The summed E-state index contributed by atoms with van der Waals surface area (Å²) in [4.78, 5) is 0. The van der Waals surface area contributed by atoms with Crippen LogP contribution in [0.4, 0.5) is 0 Å². The third kappa shape index (κ3) is 3.90. The molecule has 1 aromatic rings. The van der Waals surface area contributed by atoms with Crippen molar-refractivity contribution in [2.24, 2.45) is 5.92 Å². The molecule has 1 aromatic carbocycles. The Balaban J connectivity index is 2.03. The molecule has 0 radical (unpaired) electrons. The first-order valence-electron chi connectivity index (χ1n) is 7.22. The zero-order valence-corrected chi connectivity index (χ0v) is 14.6. The molecule has 1 aliphatic carbocycles. The summed E-state index contributed by atoms with van der Waals surface area (Å²) in [6.45, 7) is 3.15. The van der Waals surface area contributed by atoms with Crippen molar-refractivity contribution in [1.29, 1.82) is 0 Å². The minimum Gasteiger partial charge on any atom is -0.497 e. The van der Waals surface area contributed by atoms with E-state index in [1.54, 1.807) is 7.11 Å². The van der Waals surface area contributed by atoms with Crippen molar-refractivity contribution in [1.82, 2.24) is 5.32 Å². The molecule has 0 saturated heterocycles. The summed E-state index contributed by atoms with van der Waals surface area (Å²) in [6.07, 6.45) is 4.86. The molecular formula is C16H23BrClNO. The van der Waals surface area contributed by atoms with Crippen LogP contribution in [-0.2, 0) is 6.54 Å². The number of hydrogen-bond donors (Lipinski definition) is 1. The van der Waals surface area contributed by atoms with Gasteiger partial charge in [-0.15, -0.1) is 11.6 Å². The maximum atomic E-state index is 6.25. The highest BCUT2D eigenvalue weighted by Gasteiger charge is 2.32. The molecule has 0 amide bonds. The summed E-state index contributed by atoms with van der Waals surface area (Å²) in [5.74, 6) is 2.40. The predicted octanol–water partition coefficient (Wildman–Crippen LogP) is 4.74. The highest BCUT2D eigenvalue weighted by Crippen LogP contribution is 2.33. The van der Waals surface area contributed by atoms with Crippen molar-refractivity contribution in [2.75, 3.05) is 13.0 Å². The second-order valence-corrected chi connectivity index (χ2v) is 7.03. The Labute approximate surface area is 135 Å². The predicted molar refractivity (Wildman–Crippen MR) is 88.6 cm³/mol. The van der Waals surface area contributed by atoms with Gasteiger partial charge in [-0.05, 0) is 55.4 Å². The smallest absolute Gasteiger partial charge is 0.119 e. The minimum atomic E-state index is 0.0938. The lowest BCUT2D eigenvalue weighted by Gasteiger charge is -2.39. The van der Waals surface area contributed by atoms with Gasteiger partial charge in [0.25, 0.3) is 0 Å². The van der Waals surface area contributed by atoms with Crippen LogP contribution in [0.25, 0.3) is 0 Å². The number of rotatable bonds is 5. The van der Waals surface area contributed by atoms with Crippen LogP contribution in [0.1, 0.15) is 38.2 Å². The first kappa shape index (κ1) is 16.1. The van der Waals surface area contributed by atoms with E-state index in [1.165, 1.54) is 31.2 Å². The first-order chi connectivity index (χ1) is 9.58.